The summed E-state index contributed by atoms with van der Waals surface area (Å²) in [5, 5.41) is 0. The van der Waals surface area contributed by atoms with Crippen molar-refractivity contribution in [3.05, 3.63) is 11.3 Å². The standard InChI is InChI=1S/C12H21N3O2S/c1-5-18(16,17)14-11-6-12-8(2)9(3)13-10(4)15(12)7-11/h9,11,14H,5-7H2,1-4H3. The lowest BCUT2D eigenvalue weighted by Gasteiger charge is -2.28. The van der Waals surface area contributed by atoms with E-state index in [9.17, 15) is 8.42 Å². The van der Waals surface area contributed by atoms with Crippen molar-refractivity contribution in [2.75, 3.05) is 12.3 Å². The SMILES string of the molecule is CCS(=O)(=O)NC1CC2=C(C)C(C)N=C(C)N2C1. The number of nitrogens with zero attached hydrogens (tertiary/aromatic N) is 2. The van der Waals surface area contributed by atoms with E-state index in [0.717, 1.165) is 12.3 Å². The van der Waals surface area contributed by atoms with E-state index in [2.05, 4.69) is 28.5 Å². The van der Waals surface area contributed by atoms with E-state index in [1.807, 2.05) is 6.92 Å². The third-order valence-electron chi connectivity index (χ3n) is 3.75. The zero-order chi connectivity index (χ0) is 13.5. The van der Waals surface area contributed by atoms with Crippen LogP contribution in [-0.4, -0.2) is 43.5 Å². The van der Waals surface area contributed by atoms with E-state index < -0.39 is 10.0 Å². The Labute approximate surface area is 109 Å². The zero-order valence-electron chi connectivity index (χ0n) is 11.4. The Morgan fingerprint density at radius 1 is 1.44 bits per heavy atom. The van der Waals surface area contributed by atoms with Crippen LogP contribution >= 0.6 is 0 Å². The number of nitrogens with one attached hydrogen (secondary N) is 1. The van der Waals surface area contributed by atoms with Gasteiger partial charge in [0.2, 0.25) is 10.0 Å². The minimum Gasteiger partial charge on any atom is -0.332 e. The lowest BCUT2D eigenvalue weighted by Crippen LogP contribution is -2.39. The fourth-order valence-electron chi connectivity index (χ4n) is 2.54. The van der Waals surface area contributed by atoms with E-state index in [1.165, 1.54) is 11.3 Å². The first-order chi connectivity index (χ1) is 8.34. The van der Waals surface area contributed by atoms with Gasteiger partial charge in [-0.3, -0.25) is 4.99 Å². The van der Waals surface area contributed by atoms with Crippen molar-refractivity contribution in [2.45, 2.75) is 46.2 Å². The quantitative estimate of drug-likeness (QED) is 0.836. The van der Waals surface area contributed by atoms with Crippen LogP contribution in [0, 0.1) is 0 Å². The first-order valence-electron chi connectivity index (χ1n) is 6.35. The molecule has 2 rings (SSSR count). The third-order valence-corrected chi connectivity index (χ3v) is 5.20. The van der Waals surface area contributed by atoms with Gasteiger partial charge in [0.25, 0.3) is 0 Å². The van der Waals surface area contributed by atoms with E-state index in [0.29, 0.717) is 6.54 Å². The predicted octanol–water partition coefficient (Wildman–Crippen LogP) is 1.09. The molecule has 0 amide bonds. The van der Waals surface area contributed by atoms with Gasteiger partial charge in [0.1, 0.15) is 5.84 Å². The largest absolute Gasteiger partial charge is 0.332 e. The van der Waals surface area contributed by atoms with Crippen LogP contribution in [0.1, 0.15) is 34.1 Å². The molecule has 0 aromatic carbocycles. The van der Waals surface area contributed by atoms with Crippen LogP contribution in [0.15, 0.2) is 16.3 Å². The summed E-state index contributed by atoms with van der Waals surface area (Å²) in [6.45, 7) is 8.49. The summed E-state index contributed by atoms with van der Waals surface area (Å²) in [4.78, 5) is 6.70. The molecular weight excluding hydrogens is 250 g/mol. The Morgan fingerprint density at radius 3 is 2.72 bits per heavy atom. The van der Waals surface area contributed by atoms with Crippen LogP contribution in [-0.2, 0) is 10.0 Å². The molecule has 0 saturated carbocycles. The maximum Gasteiger partial charge on any atom is 0.211 e. The Morgan fingerprint density at radius 2 is 2.11 bits per heavy atom. The molecule has 2 aliphatic rings. The van der Waals surface area contributed by atoms with Gasteiger partial charge in [-0.1, -0.05) is 0 Å². The second kappa shape index (κ2) is 4.66. The zero-order valence-corrected chi connectivity index (χ0v) is 12.2. The van der Waals surface area contributed by atoms with Crippen LogP contribution in [0.5, 0.6) is 0 Å². The van der Waals surface area contributed by atoms with Crippen molar-refractivity contribution >= 4 is 15.9 Å². The second-order valence-corrected chi connectivity index (χ2v) is 7.06. The minimum absolute atomic E-state index is 0.0321. The van der Waals surface area contributed by atoms with Crippen molar-refractivity contribution in [1.82, 2.24) is 9.62 Å². The Balaban J connectivity index is 2.19. The van der Waals surface area contributed by atoms with E-state index in [1.54, 1.807) is 6.92 Å². The van der Waals surface area contributed by atoms with Crippen molar-refractivity contribution in [3.8, 4) is 0 Å². The molecule has 2 unspecified atom stereocenters. The molecule has 0 radical (unpaired) electrons. The molecule has 5 nitrogen and oxygen atoms in total. The molecule has 0 bridgehead atoms. The number of amidine groups is 1. The lowest BCUT2D eigenvalue weighted by molar-refractivity contribution is 0.509. The van der Waals surface area contributed by atoms with E-state index in [-0.39, 0.29) is 17.8 Å². The maximum absolute atomic E-state index is 11.6. The summed E-state index contributed by atoms with van der Waals surface area (Å²) in [6.07, 6.45) is 0.766. The molecule has 1 fully saturated rings. The number of aliphatic imine (C=N–C) groups is 1. The molecule has 102 valence electrons. The van der Waals surface area contributed by atoms with Gasteiger partial charge in [0, 0.05) is 24.7 Å². The van der Waals surface area contributed by atoms with Crippen LogP contribution < -0.4 is 4.72 Å². The summed E-state index contributed by atoms with van der Waals surface area (Å²) >= 11 is 0. The van der Waals surface area contributed by atoms with Crippen LogP contribution in [0.3, 0.4) is 0 Å². The van der Waals surface area contributed by atoms with Gasteiger partial charge in [-0.05, 0) is 33.3 Å². The molecular formula is C12H21N3O2S. The number of hydrogen-bond acceptors (Lipinski definition) is 4. The number of hydrogen-bond donors (Lipinski definition) is 1. The molecule has 2 heterocycles. The molecule has 1 saturated heterocycles. The molecule has 1 N–H and O–H groups in total. The summed E-state index contributed by atoms with van der Waals surface area (Å²) < 4.78 is 26.0. The molecule has 0 aromatic heterocycles. The normalized spacial score (nSPS) is 28.4. The highest BCUT2D eigenvalue weighted by Crippen LogP contribution is 2.31. The van der Waals surface area contributed by atoms with Crippen molar-refractivity contribution in [2.24, 2.45) is 4.99 Å². The highest BCUT2D eigenvalue weighted by atomic mass is 32.2. The molecule has 0 spiro atoms. The van der Waals surface area contributed by atoms with Gasteiger partial charge < -0.3 is 4.90 Å². The van der Waals surface area contributed by atoms with Crippen LogP contribution in [0.4, 0.5) is 0 Å². The molecule has 2 atom stereocenters. The average Bonchev–Trinajstić information content (AvgIpc) is 2.70. The monoisotopic (exact) mass is 271 g/mol. The fourth-order valence-corrected chi connectivity index (χ4v) is 3.38. The molecule has 2 aliphatic heterocycles. The van der Waals surface area contributed by atoms with Gasteiger partial charge in [-0.2, -0.15) is 0 Å². The second-order valence-electron chi connectivity index (χ2n) is 5.01. The summed E-state index contributed by atoms with van der Waals surface area (Å²) in [7, 11) is -3.13. The summed E-state index contributed by atoms with van der Waals surface area (Å²) in [6, 6.07) is 0.174. The van der Waals surface area contributed by atoms with Crippen LogP contribution in [0.25, 0.3) is 0 Å². The van der Waals surface area contributed by atoms with E-state index in [4.69, 9.17) is 0 Å². The Kier molecular flexibility index (Phi) is 3.51. The van der Waals surface area contributed by atoms with Gasteiger partial charge >= 0.3 is 0 Å². The topological polar surface area (TPSA) is 61.8 Å². The van der Waals surface area contributed by atoms with Gasteiger partial charge in [0.15, 0.2) is 0 Å². The number of rotatable bonds is 3. The fraction of sp³-hybridized carbons (Fsp3) is 0.750. The predicted molar refractivity (Wildman–Crippen MR) is 73.0 cm³/mol. The number of fused-ring (bicyclic) bond motifs is 1. The highest BCUT2D eigenvalue weighted by molar-refractivity contribution is 7.89. The van der Waals surface area contributed by atoms with Gasteiger partial charge in [-0.25, -0.2) is 13.1 Å². The third kappa shape index (κ3) is 2.44. The van der Waals surface area contributed by atoms with E-state index >= 15 is 0 Å². The van der Waals surface area contributed by atoms with Crippen LogP contribution in [0.2, 0.25) is 0 Å². The van der Waals surface area contributed by atoms with Crippen molar-refractivity contribution < 1.29 is 8.42 Å². The first-order valence-corrected chi connectivity index (χ1v) is 8.01. The first kappa shape index (κ1) is 13.5. The molecule has 0 aliphatic carbocycles. The molecule has 18 heavy (non-hydrogen) atoms. The number of sulfonamides is 1. The summed E-state index contributed by atoms with van der Waals surface area (Å²) in [5.74, 6) is 1.12. The molecule has 0 aromatic rings. The van der Waals surface area contributed by atoms with Crippen molar-refractivity contribution in [3.63, 3.8) is 0 Å². The van der Waals surface area contributed by atoms with Gasteiger partial charge in [0.05, 0.1) is 11.8 Å². The Hall–Kier alpha value is -0.880. The average molecular weight is 271 g/mol. The minimum atomic E-state index is -3.13. The highest BCUT2D eigenvalue weighted by Gasteiger charge is 2.34. The molecule has 6 heteroatoms. The summed E-state index contributed by atoms with van der Waals surface area (Å²) in [5.41, 5.74) is 2.48. The van der Waals surface area contributed by atoms with Gasteiger partial charge in [-0.15, -0.1) is 0 Å². The lowest BCUT2D eigenvalue weighted by atomic mass is 10.0. The smallest absolute Gasteiger partial charge is 0.211 e. The Bertz CT molecular complexity index is 507. The maximum atomic E-state index is 11.6. The van der Waals surface area contributed by atoms with Crippen molar-refractivity contribution in [1.29, 1.82) is 0 Å².